The lowest BCUT2D eigenvalue weighted by molar-refractivity contribution is 0.0362. The number of carbonyl (C=O) groups excluding carboxylic acids is 1. The molecule has 8 heteroatoms. The lowest BCUT2D eigenvalue weighted by Gasteiger charge is -2.27. The molecule has 0 saturated carbocycles. The summed E-state index contributed by atoms with van der Waals surface area (Å²) in [5.41, 5.74) is 1.55. The molecule has 168 valence electrons. The van der Waals surface area contributed by atoms with E-state index in [1.54, 1.807) is 60.2 Å². The number of ketones is 1. The Balaban J connectivity index is 1.78. The second-order valence-electron chi connectivity index (χ2n) is 7.57. The Bertz CT molecular complexity index is 1090. The second kappa shape index (κ2) is 9.65. The van der Waals surface area contributed by atoms with Crippen LogP contribution in [0.2, 0.25) is 5.02 Å². The van der Waals surface area contributed by atoms with Crippen molar-refractivity contribution in [3.8, 4) is 28.6 Å². The van der Waals surface area contributed by atoms with Crippen molar-refractivity contribution in [1.29, 1.82) is 0 Å². The van der Waals surface area contributed by atoms with E-state index in [9.17, 15) is 15.0 Å². The molecule has 1 fully saturated rings. The minimum atomic E-state index is -0.433. The van der Waals surface area contributed by atoms with E-state index in [0.717, 1.165) is 13.1 Å². The van der Waals surface area contributed by atoms with Gasteiger partial charge in [0.15, 0.2) is 11.5 Å². The van der Waals surface area contributed by atoms with Gasteiger partial charge in [0.1, 0.15) is 5.75 Å². The predicted molar refractivity (Wildman–Crippen MR) is 122 cm³/mol. The Morgan fingerprint density at radius 1 is 1.03 bits per heavy atom. The van der Waals surface area contributed by atoms with Crippen LogP contribution < -0.4 is 4.74 Å². The molecule has 0 unspecified atom stereocenters. The number of hydrogen-bond donors (Lipinski definition) is 2. The zero-order valence-corrected chi connectivity index (χ0v) is 18.5. The van der Waals surface area contributed by atoms with Crippen molar-refractivity contribution < 1.29 is 24.5 Å². The molecule has 2 N–H and O–H groups in total. The molecular weight excluding hydrogens is 432 g/mol. The third kappa shape index (κ3) is 4.46. The molecule has 1 aliphatic rings. The van der Waals surface area contributed by atoms with Crippen LogP contribution in [0.25, 0.3) is 11.3 Å². The molecule has 1 saturated heterocycles. The molecule has 2 aromatic carbocycles. The van der Waals surface area contributed by atoms with E-state index in [2.05, 4.69) is 4.90 Å². The number of methoxy groups -OCH3 is 1. The van der Waals surface area contributed by atoms with E-state index in [4.69, 9.17) is 21.1 Å². The summed E-state index contributed by atoms with van der Waals surface area (Å²) < 4.78 is 12.2. The Morgan fingerprint density at radius 2 is 1.69 bits per heavy atom. The van der Waals surface area contributed by atoms with Crippen molar-refractivity contribution in [2.75, 3.05) is 40.0 Å². The van der Waals surface area contributed by atoms with Gasteiger partial charge in [0.25, 0.3) is 0 Å². The summed E-state index contributed by atoms with van der Waals surface area (Å²) in [7, 11) is 1.58. The van der Waals surface area contributed by atoms with Gasteiger partial charge in [0.2, 0.25) is 5.88 Å². The topological polar surface area (TPSA) is 84.2 Å². The van der Waals surface area contributed by atoms with Crippen LogP contribution in [0.1, 0.15) is 15.9 Å². The van der Waals surface area contributed by atoms with E-state index < -0.39 is 11.5 Å². The zero-order chi connectivity index (χ0) is 22.7. The summed E-state index contributed by atoms with van der Waals surface area (Å²) in [5.74, 6) is -0.497. The van der Waals surface area contributed by atoms with Crippen LogP contribution in [0.4, 0.5) is 0 Å². The third-order valence-corrected chi connectivity index (χ3v) is 5.90. The molecule has 4 rings (SSSR count). The molecule has 0 aliphatic carbocycles. The Morgan fingerprint density at radius 3 is 2.31 bits per heavy atom. The van der Waals surface area contributed by atoms with Gasteiger partial charge in [0.05, 0.1) is 31.6 Å². The van der Waals surface area contributed by atoms with Crippen molar-refractivity contribution in [2.45, 2.75) is 6.54 Å². The molecule has 3 aromatic rings. The van der Waals surface area contributed by atoms with Crippen molar-refractivity contribution in [1.82, 2.24) is 9.47 Å². The fraction of sp³-hybridized carbons (Fsp3) is 0.292. The largest absolute Gasteiger partial charge is 0.503 e. The number of nitrogens with zero attached hydrogens (tertiary/aromatic N) is 2. The number of ether oxygens (including phenoxy) is 2. The number of aromatic nitrogens is 1. The Labute approximate surface area is 191 Å². The maximum atomic E-state index is 13.4. The van der Waals surface area contributed by atoms with Crippen LogP contribution in [-0.2, 0) is 11.3 Å². The van der Waals surface area contributed by atoms with Crippen LogP contribution in [0.3, 0.4) is 0 Å². The molecular formula is C24H25ClN2O5. The van der Waals surface area contributed by atoms with E-state index in [-0.39, 0.29) is 11.4 Å². The number of benzene rings is 2. The van der Waals surface area contributed by atoms with Gasteiger partial charge in [-0.15, -0.1) is 0 Å². The maximum absolute atomic E-state index is 13.4. The van der Waals surface area contributed by atoms with E-state index in [1.807, 2.05) is 0 Å². The highest BCUT2D eigenvalue weighted by atomic mass is 35.5. The molecule has 1 aromatic heterocycles. The highest BCUT2D eigenvalue weighted by Crippen LogP contribution is 2.42. The Kier molecular flexibility index (Phi) is 6.69. The van der Waals surface area contributed by atoms with Gasteiger partial charge in [-0.2, -0.15) is 0 Å². The fourth-order valence-electron chi connectivity index (χ4n) is 3.89. The van der Waals surface area contributed by atoms with Gasteiger partial charge in [-0.1, -0.05) is 11.6 Å². The number of hydrogen-bond acceptors (Lipinski definition) is 6. The molecule has 0 radical (unpaired) electrons. The van der Waals surface area contributed by atoms with E-state index in [0.29, 0.717) is 53.9 Å². The van der Waals surface area contributed by atoms with Crippen LogP contribution >= 0.6 is 11.6 Å². The lowest BCUT2D eigenvalue weighted by Crippen LogP contribution is -2.38. The lowest BCUT2D eigenvalue weighted by atomic mass is 9.99. The first-order valence-corrected chi connectivity index (χ1v) is 10.8. The third-order valence-electron chi connectivity index (χ3n) is 5.65. The average molecular weight is 457 g/mol. The summed E-state index contributed by atoms with van der Waals surface area (Å²) in [6.07, 6.45) is 0. The predicted octanol–water partition coefficient (Wildman–Crippen LogP) is 3.79. The molecule has 32 heavy (non-hydrogen) atoms. The molecule has 1 aliphatic heterocycles. The summed E-state index contributed by atoms with van der Waals surface area (Å²) in [4.78, 5) is 15.6. The highest BCUT2D eigenvalue weighted by molar-refractivity contribution is 6.30. The standard InChI is InChI=1S/C24H25ClN2O5/c1-31-19-8-4-16(5-9-19)21-20(22(28)17-2-6-18(25)7-3-17)23(29)24(30)27(21)11-10-26-12-14-32-15-13-26/h2-9,29-30H,10-15H2,1H3. The Hall–Kier alpha value is -3.00. The van der Waals surface area contributed by atoms with Crippen LogP contribution in [0.15, 0.2) is 48.5 Å². The first-order chi connectivity index (χ1) is 15.5. The SMILES string of the molecule is COc1ccc(-c2c(C(=O)c3ccc(Cl)cc3)c(O)c(O)n2CCN2CCOCC2)cc1. The molecule has 7 nitrogen and oxygen atoms in total. The minimum Gasteiger partial charge on any atom is -0.503 e. The van der Waals surface area contributed by atoms with E-state index in [1.165, 1.54) is 0 Å². The van der Waals surface area contributed by atoms with Crippen molar-refractivity contribution in [3.63, 3.8) is 0 Å². The minimum absolute atomic E-state index is 0.0527. The summed E-state index contributed by atoms with van der Waals surface area (Å²) in [6.45, 7) is 3.95. The van der Waals surface area contributed by atoms with Gasteiger partial charge in [-0.05, 0) is 54.1 Å². The van der Waals surface area contributed by atoms with E-state index >= 15 is 0 Å². The van der Waals surface area contributed by atoms with Crippen molar-refractivity contribution in [3.05, 3.63) is 64.7 Å². The number of carbonyl (C=O) groups is 1. The molecule has 0 amide bonds. The molecule has 0 bridgehead atoms. The number of aromatic hydroxyl groups is 2. The van der Waals surface area contributed by atoms with Gasteiger partial charge < -0.3 is 24.3 Å². The quantitative estimate of drug-likeness (QED) is 0.526. The molecule has 0 atom stereocenters. The first-order valence-electron chi connectivity index (χ1n) is 10.4. The number of halogens is 1. The highest BCUT2D eigenvalue weighted by Gasteiger charge is 2.29. The van der Waals surface area contributed by atoms with Gasteiger partial charge in [0, 0.05) is 36.8 Å². The average Bonchev–Trinajstić information content (AvgIpc) is 3.08. The smallest absolute Gasteiger partial charge is 0.235 e. The molecule has 2 heterocycles. The second-order valence-corrected chi connectivity index (χ2v) is 8.00. The van der Waals surface area contributed by atoms with Crippen LogP contribution in [0, 0.1) is 0 Å². The summed E-state index contributed by atoms with van der Waals surface area (Å²) >= 11 is 5.96. The molecule has 0 spiro atoms. The first kappa shape index (κ1) is 22.2. The normalized spacial score (nSPS) is 14.4. The maximum Gasteiger partial charge on any atom is 0.235 e. The summed E-state index contributed by atoms with van der Waals surface area (Å²) in [6, 6.07) is 13.6. The zero-order valence-electron chi connectivity index (χ0n) is 17.8. The summed E-state index contributed by atoms with van der Waals surface area (Å²) in [5, 5.41) is 22.1. The van der Waals surface area contributed by atoms with Crippen LogP contribution in [-0.4, -0.2) is 65.4 Å². The fourth-order valence-corrected chi connectivity index (χ4v) is 4.01. The van der Waals surface area contributed by atoms with Gasteiger partial charge in [-0.25, -0.2) is 0 Å². The monoisotopic (exact) mass is 456 g/mol. The van der Waals surface area contributed by atoms with Crippen molar-refractivity contribution >= 4 is 17.4 Å². The van der Waals surface area contributed by atoms with Gasteiger partial charge >= 0.3 is 0 Å². The number of morpholine rings is 1. The van der Waals surface area contributed by atoms with Crippen LogP contribution in [0.5, 0.6) is 17.4 Å². The van der Waals surface area contributed by atoms with Gasteiger partial charge in [-0.3, -0.25) is 9.69 Å². The number of rotatable bonds is 7. The van der Waals surface area contributed by atoms with Crippen molar-refractivity contribution in [2.24, 2.45) is 0 Å².